The Morgan fingerprint density at radius 1 is 0.857 bits per heavy atom. The van der Waals surface area contributed by atoms with Crippen molar-refractivity contribution in [3.8, 4) is 0 Å². The van der Waals surface area contributed by atoms with Crippen molar-refractivity contribution < 1.29 is 50.0 Å². The van der Waals surface area contributed by atoms with E-state index in [4.69, 9.17) is 39.0 Å². The Hall–Kier alpha value is -1.07. The molecular weight excluding hydrogens is 229 g/mol. The average Bonchev–Trinajstić information content (AvgIpc) is 1.59. The lowest BCUT2D eigenvalue weighted by molar-refractivity contribution is -0.159. The van der Waals surface area contributed by atoms with Crippen molar-refractivity contribution in [2.75, 3.05) is 0 Å². The number of phosphoric acid groups is 1. The van der Waals surface area contributed by atoms with Gasteiger partial charge in [-0.3, -0.25) is 0 Å². The third-order valence-corrected chi connectivity index (χ3v) is 0.183. The number of carboxylic acid groups (broad SMARTS) is 2. The number of aliphatic carboxylic acids is 2. The molecule has 0 aromatic heterocycles. The minimum absolute atomic E-state index is 0. The summed E-state index contributed by atoms with van der Waals surface area (Å²) in [4.78, 5) is 39.8. The van der Waals surface area contributed by atoms with Crippen LogP contribution in [0.15, 0.2) is 0 Å². The maximum absolute atomic E-state index is 9.10. The van der Waals surface area contributed by atoms with Crippen LogP contribution in [0.5, 0.6) is 0 Å². The monoisotopic (exact) mass is 241 g/mol. The Bertz CT molecular complexity index is 174. The summed E-state index contributed by atoms with van der Waals surface area (Å²) in [5.41, 5.74) is 0. The highest BCUT2D eigenvalue weighted by atomic mass is 31.2. The van der Waals surface area contributed by atoms with Gasteiger partial charge in [-0.05, 0) is 0 Å². The Labute approximate surface area is 77.1 Å². The molecule has 0 aliphatic rings. The highest BCUT2D eigenvalue weighted by molar-refractivity contribution is 7.45. The number of carbonyl (C=O) groups is 2. The largest absolute Gasteiger partial charge is 0.473 e. The molecule has 0 bridgehead atoms. The maximum atomic E-state index is 9.10. The van der Waals surface area contributed by atoms with E-state index in [0.29, 0.717) is 0 Å². The molecule has 0 aliphatic carbocycles. The number of carboxylic acids is 2. The Morgan fingerprint density at radius 3 is 0.929 bits per heavy atom. The van der Waals surface area contributed by atoms with E-state index < -0.39 is 19.8 Å². The van der Waals surface area contributed by atoms with E-state index in [0.717, 1.165) is 0 Å². The summed E-state index contributed by atoms with van der Waals surface area (Å²) in [6.07, 6.45) is 0. The van der Waals surface area contributed by atoms with Crippen LogP contribution >= 0.6 is 7.82 Å². The molecule has 0 atom stereocenters. The topological polar surface area (TPSA) is 250 Å². The van der Waals surface area contributed by atoms with E-state index in [1.165, 1.54) is 0 Å². The second kappa shape index (κ2) is 11.9. The van der Waals surface area contributed by atoms with Gasteiger partial charge in [0.2, 0.25) is 0 Å². The van der Waals surface area contributed by atoms with Crippen molar-refractivity contribution in [3.63, 3.8) is 0 Å². The van der Waals surface area contributed by atoms with Crippen molar-refractivity contribution in [1.82, 2.24) is 6.15 Å². The lowest BCUT2D eigenvalue weighted by atomic mass is 10.7. The predicted octanol–water partition coefficient (Wildman–Crippen LogP) is -3.26. The molecule has 90 valence electrons. The van der Waals surface area contributed by atoms with Crippen molar-refractivity contribution >= 4 is 19.8 Å². The first-order chi connectivity index (χ1) is 4.64. The summed E-state index contributed by atoms with van der Waals surface area (Å²) < 4.78 is 8.88. The van der Waals surface area contributed by atoms with Crippen LogP contribution < -0.4 is 6.15 Å². The van der Waals surface area contributed by atoms with Gasteiger partial charge in [-0.25, -0.2) is 14.2 Å². The summed E-state index contributed by atoms with van der Waals surface area (Å²) in [5.74, 6) is -3.65. The fraction of sp³-hybridized carbons (Fsp3) is 0. The van der Waals surface area contributed by atoms with Gasteiger partial charge >= 0.3 is 19.8 Å². The second-order valence-corrected chi connectivity index (χ2v) is 2.15. The number of hydrogen-bond acceptors (Lipinski definition) is 4. The molecule has 0 aromatic rings. The molecule has 0 fully saturated rings. The molecule has 0 aliphatic heterocycles. The SMILES string of the molecule is N.O.O.O=C(O)C(=O)O.O=P(O)(O)O. The van der Waals surface area contributed by atoms with Crippen molar-refractivity contribution in [2.45, 2.75) is 0 Å². The first kappa shape index (κ1) is 29.3. The third kappa shape index (κ3) is 126. The zero-order valence-electron chi connectivity index (χ0n) is 6.62. The third-order valence-electron chi connectivity index (χ3n) is 0.183. The first-order valence-electron chi connectivity index (χ1n) is 1.89. The summed E-state index contributed by atoms with van der Waals surface area (Å²) in [5, 5.41) is 14.8. The van der Waals surface area contributed by atoms with Gasteiger partial charge in [0.1, 0.15) is 0 Å². The zero-order chi connectivity index (χ0) is 9.65. The molecule has 0 unspecified atom stereocenters. The van der Waals surface area contributed by atoms with Crippen molar-refractivity contribution in [1.29, 1.82) is 0 Å². The van der Waals surface area contributed by atoms with Gasteiger partial charge in [-0.1, -0.05) is 0 Å². The molecule has 0 spiro atoms. The van der Waals surface area contributed by atoms with Crippen LogP contribution in [0, 0.1) is 0 Å². The standard InChI is InChI=1S/C2H2O4.H3N.H3O4P.2H2O/c3-1(4)2(5)6;;1-5(2,3)4;;/h(H,3,4)(H,5,6);1H3;(H3,1,2,3,4);2*1H2. The van der Waals surface area contributed by atoms with E-state index in [9.17, 15) is 0 Å². The quantitative estimate of drug-likeness (QED) is 0.183. The lowest BCUT2D eigenvalue weighted by Crippen LogP contribution is -2.09. The van der Waals surface area contributed by atoms with Crippen LogP contribution in [0.25, 0.3) is 0 Å². The van der Waals surface area contributed by atoms with Gasteiger partial charge in [0.05, 0.1) is 0 Å². The van der Waals surface area contributed by atoms with Crippen LogP contribution in [0.3, 0.4) is 0 Å². The summed E-state index contributed by atoms with van der Waals surface area (Å²) in [6, 6.07) is 0. The van der Waals surface area contributed by atoms with E-state index in [-0.39, 0.29) is 17.1 Å². The highest BCUT2D eigenvalue weighted by Gasteiger charge is 2.04. The highest BCUT2D eigenvalue weighted by Crippen LogP contribution is 2.25. The van der Waals surface area contributed by atoms with Crippen LogP contribution in [-0.4, -0.2) is 47.8 Å². The van der Waals surface area contributed by atoms with Gasteiger partial charge in [0, 0.05) is 0 Å². The molecule has 0 rings (SSSR count). The molecule has 0 saturated carbocycles. The van der Waals surface area contributed by atoms with Crippen molar-refractivity contribution in [3.05, 3.63) is 0 Å². The molecule has 0 aromatic carbocycles. The first-order valence-corrected chi connectivity index (χ1v) is 3.45. The number of hydrogen-bond donors (Lipinski definition) is 6. The zero-order valence-corrected chi connectivity index (χ0v) is 7.51. The molecule has 0 radical (unpaired) electrons. The normalized spacial score (nSPS) is 7.36. The van der Waals surface area contributed by atoms with E-state index >= 15 is 0 Å². The molecule has 14 heavy (non-hydrogen) atoms. The molecule has 12 N–H and O–H groups in total. The molecule has 0 saturated heterocycles. The van der Waals surface area contributed by atoms with E-state index in [1.807, 2.05) is 0 Å². The molecule has 11 nitrogen and oxygen atoms in total. The van der Waals surface area contributed by atoms with Gasteiger partial charge in [-0.2, -0.15) is 0 Å². The Kier molecular flexibility index (Phi) is 24.9. The van der Waals surface area contributed by atoms with Crippen molar-refractivity contribution in [2.24, 2.45) is 0 Å². The molecule has 0 amide bonds. The molecule has 12 heteroatoms. The average molecular weight is 241 g/mol. The van der Waals surface area contributed by atoms with E-state index in [1.54, 1.807) is 0 Å². The summed E-state index contributed by atoms with van der Waals surface area (Å²) in [6.45, 7) is 0. The Balaban J connectivity index is -0.0000000321. The van der Waals surface area contributed by atoms with Crippen LogP contribution in [0.1, 0.15) is 0 Å². The van der Waals surface area contributed by atoms with Crippen LogP contribution in [0.4, 0.5) is 0 Å². The smallest absolute Gasteiger partial charge is 0.466 e. The number of rotatable bonds is 0. The predicted molar refractivity (Wildman–Crippen MR) is 41.8 cm³/mol. The second-order valence-electron chi connectivity index (χ2n) is 1.12. The molecule has 0 heterocycles. The van der Waals surface area contributed by atoms with Gasteiger partial charge in [-0.15, -0.1) is 0 Å². The van der Waals surface area contributed by atoms with Gasteiger partial charge < -0.3 is 42.0 Å². The fourth-order valence-electron chi connectivity index (χ4n) is 0. The fourth-order valence-corrected chi connectivity index (χ4v) is 0. The minimum atomic E-state index is -4.64. The maximum Gasteiger partial charge on any atom is 0.466 e. The molecular formula is C2H12NO10P. The van der Waals surface area contributed by atoms with Crippen LogP contribution in [-0.2, 0) is 14.2 Å². The van der Waals surface area contributed by atoms with Gasteiger partial charge in [0.15, 0.2) is 0 Å². The van der Waals surface area contributed by atoms with E-state index in [2.05, 4.69) is 0 Å². The summed E-state index contributed by atoms with van der Waals surface area (Å²) >= 11 is 0. The Morgan fingerprint density at radius 2 is 0.929 bits per heavy atom. The lowest BCUT2D eigenvalue weighted by Gasteiger charge is -1.82. The van der Waals surface area contributed by atoms with Crippen LogP contribution in [0.2, 0.25) is 0 Å². The van der Waals surface area contributed by atoms with Gasteiger partial charge in [0.25, 0.3) is 0 Å². The summed E-state index contributed by atoms with van der Waals surface area (Å²) in [7, 11) is -4.64. The minimum Gasteiger partial charge on any atom is -0.473 e.